The van der Waals surface area contributed by atoms with E-state index >= 15 is 0 Å². The Morgan fingerprint density at radius 2 is 2.09 bits per heavy atom. The van der Waals surface area contributed by atoms with Crippen molar-refractivity contribution in [3.05, 3.63) is 41.6 Å². The number of benzene rings is 1. The van der Waals surface area contributed by atoms with Crippen LogP contribution in [0.25, 0.3) is 0 Å². The summed E-state index contributed by atoms with van der Waals surface area (Å²) in [7, 11) is 0. The fraction of sp³-hybridized carbons (Fsp3) is 0.353. The van der Waals surface area contributed by atoms with Crippen molar-refractivity contribution in [3.8, 4) is 6.07 Å². The number of carbonyl (C=O) groups is 2. The maximum atomic E-state index is 12.0. The van der Waals surface area contributed by atoms with Crippen LogP contribution in [0.5, 0.6) is 0 Å². The summed E-state index contributed by atoms with van der Waals surface area (Å²) in [5.41, 5.74) is 1.66. The Hall–Kier alpha value is -2.81. The van der Waals surface area contributed by atoms with Gasteiger partial charge in [-0.15, -0.1) is 0 Å². The van der Waals surface area contributed by atoms with Crippen molar-refractivity contribution in [2.75, 3.05) is 11.9 Å². The van der Waals surface area contributed by atoms with Gasteiger partial charge < -0.3 is 15.7 Å². The molecule has 0 radical (unpaired) electrons. The Kier molecular flexibility index (Phi) is 7.94. The zero-order chi connectivity index (χ0) is 17.1. The van der Waals surface area contributed by atoms with Crippen LogP contribution in [-0.4, -0.2) is 23.5 Å². The van der Waals surface area contributed by atoms with Gasteiger partial charge in [0.25, 0.3) is 5.91 Å². The molecule has 0 atom stereocenters. The van der Waals surface area contributed by atoms with Crippen LogP contribution in [0.3, 0.4) is 0 Å². The second-order valence-electron chi connectivity index (χ2n) is 5.15. The molecular formula is C17H21N3O3. The molecule has 122 valence electrons. The predicted octanol–water partition coefficient (Wildman–Crippen LogP) is 2.58. The summed E-state index contributed by atoms with van der Waals surface area (Å²) in [5.74, 6) is -1.26. The van der Waals surface area contributed by atoms with Crippen molar-refractivity contribution in [2.24, 2.45) is 0 Å². The predicted molar refractivity (Wildman–Crippen MR) is 87.6 cm³/mol. The molecule has 0 aliphatic heterocycles. The third-order valence-corrected chi connectivity index (χ3v) is 3.10. The number of amides is 1. The minimum absolute atomic E-state index is 0.00274. The molecule has 0 fully saturated rings. The molecule has 1 aromatic rings. The molecule has 6 nitrogen and oxygen atoms in total. The molecular weight excluding hydrogens is 294 g/mol. The Morgan fingerprint density at radius 1 is 1.30 bits per heavy atom. The largest absolute Gasteiger partial charge is 0.481 e. The summed E-state index contributed by atoms with van der Waals surface area (Å²) in [6.07, 6.45) is 3.74. The summed E-state index contributed by atoms with van der Waals surface area (Å²) in [5, 5.41) is 23.1. The quantitative estimate of drug-likeness (QED) is 0.369. The molecule has 0 aliphatic carbocycles. The number of aliphatic carboxylic acids is 1. The number of carboxylic acids is 1. The van der Waals surface area contributed by atoms with Crippen molar-refractivity contribution >= 4 is 17.6 Å². The molecule has 0 unspecified atom stereocenters. The highest BCUT2D eigenvalue weighted by molar-refractivity contribution is 6.06. The van der Waals surface area contributed by atoms with E-state index < -0.39 is 11.9 Å². The van der Waals surface area contributed by atoms with E-state index in [-0.39, 0.29) is 12.0 Å². The fourth-order valence-electron chi connectivity index (χ4n) is 1.92. The lowest BCUT2D eigenvalue weighted by atomic mass is 10.2. The molecule has 0 aromatic heterocycles. The summed E-state index contributed by atoms with van der Waals surface area (Å²) >= 11 is 0. The molecule has 0 aliphatic rings. The van der Waals surface area contributed by atoms with E-state index in [1.54, 1.807) is 6.07 Å². The molecule has 0 heterocycles. The zero-order valence-corrected chi connectivity index (χ0v) is 13.1. The van der Waals surface area contributed by atoms with Crippen molar-refractivity contribution in [1.29, 1.82) is 5.26 Å². The lowest BCUT2D eigenvalue weighted by Crippen LogP contribution is -2.17. The van der Waals surface area contributed by atoms with Crippen LogP contribution in [0, 0.1) is 18.3 Å². The number of anilines is 1. The van der Waals surface area contributed by atoms with Gasteiger partial charge in [-0.25, -0.2) is 0 Å². The summed E-state index contributed by atoms with van der Waals surface area (Å²) < 4.78 is 0. The van der Waals surface area contributed by atoms with Crippen LogP contribution >= 0.6 is 0 Å². The molecule has 0 spiro atoms. The molecule has 0 saturated carbocycles. The number of rotatable bonds is 9. The van der Waals surface area contributed by atoms with Crippen LogP contribution in [-0.2, 0) is 9.59 Å². The van der Waals surface area contributed by atoms with Gasteiger partial charge in [-0.2, -0.15) is 5.26 Å². The smallest absolute Gasteiger partial charge is 0.303 e. The number of nitrogens with zero attached hydrogens (tertiary/aromatic N) is 1. The molecule has 1 aromatic carbocycles. The Morgan fingerprint density at radius 3 is 2.74 bits per heavy atom. The molecule has 3 N–H and O–H groups in total. The lowest BCUT2D eigenvalue weighted by molar-refractivity contribution is -0.137. The van der Waals surface area contributed by atoms with E-state index in [2.05, 4.69) is 10.6 Å². The van der Waals surface area contributed by atoms with Crippen molar-refractivity contribution < 1.29 is 14.7 Å². The van der Waals surface area contributed by atoms with E-state index in [0.29, 0.717) is 18.7 Å². The minimum Gasteiger partial charge on any atom is -0.481 e. The van der Waals surface area contributed by atoms with Crippen molar-refractivity contribution in [1.82, 2.24) is 5.32 Å². The number of nitriles is 1. The second kappa shape index (κ2) is 10.0. The maximum absolute atomic E-state index is 12.0. The first-order valence-electron chi connectivity index (χ1n) is 7.46. The average Bonchev–Trinajstić information content (AvgIpc) is 2.49. The van der Waals surface area contributed by atoms with E-state index in [0.717, 1.165) is 18.4 Å². The van der Waals surface area contributed by atoms with Crippen molar-refractivity contribution in [3.63, 3.8) is 0 Å². The number of hydrogen-bond acceptors (Lipinski definition) is 4. The van der Waals surface area contributed by atoms with Gasteiger partial charge in [-0.05, 0) is 37.5 Å². The fourth-order valence-corrected chi connectivity index (χ4v) is 1.92. The first-order chi connectivity index (χ1) is 11.0. The minimum atomic E-state index is -0.794. The third-order valence-electron chi connectivity index (χ3n) is 3.10. The van der Waals surface area contributed by atoms with Crippen LogP contribution in [0.4, 0.5) is 5.69 Å². The van der Waals surface area contributed by atoms with Gasteiger partial charge in [-0.3, -0.25) is 9.59 Å². The van der Waals surface area contributed by atoms with E-state index in [4.69, 9.17) is 10.4 Å². The van der Waals surface area contributed by atoms with Gasteiger partial charge in [0.15, 0.2) is 0 Å². The molecule has 0 bridgehead atoms. The summed E-state index contributed by atoms with van der Waals surface area (Å²) in [6.45, 7) is 2.51. The van der Waals surface area contributed by atoms with Gasteiger partial charge in [0.1, 0.15) is 11.6 Å². The molecule has 6 heteroatoms. The Bertz CT molecular complexity index is 618. The van der Waals surface area contributed by atoms with Crippen LogP contribution < -0.4 is 10.6 Å². The van der Waals surface area contributed by atoms with Crippen LogP contribution in [0.2, 0.25) is 0 Å². The van der Waals surface area contributed by atoms with Crippen LogP contribution in [0.15, 0.2) is 36.0 Å². The molecule has 1 rings (SSSR count). The topological polar surface area (TPSA) is 102 Å². The number of aryl methyl sites for hydroxylation is 1. The highest BCUT2D eigenvalue weighted by atomic mass is 16.4. The first kappa shape index (κ1) is 18.2. The summed E-state index contributed by atoms with van der Waals surface area (Å²) in [4.78, 5) is 22.3. The maximum Gasteiger partial charge on any atom is 0.303 e. The number of nitrogens with one attached hydrogen (secondary N) is 2. The third kappa shape index (κ3) is 7.67. The first-order valence-corrected chi connectivity index (χ1v) is 7.46. The van der Waals surface area contributed by atoms with Crippen molar-refractivity contribution in [2.45, 2.75) is 32.6 Å². The summed E-state index contributed by atoms with van der Waals surface area (Å²) in [6, 6.07) is 9.19. The standard InChI is InChI=1S/C17H21N3O3/c1-13-6-5-7-15(10-13)20-17(23)14(11-18)12-19-9-4-2-3-8-16(21)22/h5-7,10,12,19H,2-4,8-9H2,1H3,(H,20,23)(H,21,22)/b14-12-. The van der Waals surface area contributed by atoms with E-state index in [1.807, 2.05) is 31.2 Å². The Labute approximate surface area is 135 Å². The molecule has 1 amide bonds. The zero-order valence-electron chi connectivity index (χ0n) is 13.1. The monoisotopic (exact) mass is 315 g/mol. The normalized spacial score (nSPS) is 10.7. The van der Waals surface area contributed by atoms with E-state index in [9.17, 15) is 9.59 Å². The number of carboxylic acid groups (broad SMARTS) is 1. The molecule has 23 heavy (non-hydrogen) atoms. The number of hydrogen-bond donors (Lipinski definition) is 3. The highest BCUT2D eigenvalue weighted by Gasteiger charge is 2.08. The van der Waals surface area contributed by atoms with Gasteiger partial charge in [0, 0.05) is 24.9 Å². The van der Waals surface area contributed by atoms with Crippen LogP contribution in [0.1, 0.15) is 31.2 Å². The van der Waals surface area contributed by atoms with Gasteiger partial charge >= 0.3 is 5.97 Å². The average molecular weight is 315 g/mol. The lowest BCUT2D eigenvalue weighted by Gasteiger charge is -2.06. The second-order valence-corrected chi connectivity index (χ2v) is 5.15. The van der Waals surface area contributed by atoms with E-state index in [1.165, 1.54) is 6.20 Å². The number of carbonyl (C=O) groups excluding carboxylic acids is 1. The molecule has 0 saturated heterocycles. The highest BCUT2D eigenvalue weighted by Crippen LogP contribution is 2.10. The van der Waals surface area contributed by atoms with Gasteiger partial charge in [0.2, 0.25) is 0 Å². The van der Waals surface area contributed by atoms with Gasteiger partial charge in [-0.1, -0.05) is 18.6 Å². The van der Waals surface area contributed by atoms with Gasteiger partial charge in [0.05, 0.1) is 0 Å². The Balaban J connectivity index is 2.38. The SMILES string of the molecule is Cc1cccc(NC(=O)/C(C#N)=C\NCCCCCC(=O)O)c1. The number of unbranched alkanes of at least 4 members (excludes halogenated alkanes) is 2.